The van der Waals surface area contributed by atoms with E-state index in [9.17, 15) is 4.39 Å². The van der Waals surface area contributed by atoms with Gasteiger partial charge >= 0.3 is 0 Å². The number of guanidine groups is 1. The van der Waals surface area contributed by atoms with E-state index in [0.717, 1.165) is 28.8 Å². The van der Waals surface area contributed by atoms with Gasteiger partial charge in [-0.25, -0.2) is 9.37 Å². The van der Waals surface area contributed by atoms with Crippen LogP contribution in [0, 0.1) is 12.7 Å². The molecule has 0 atom stereocenters. The van der Waals surface area contributed by atoms with Gasteiger partial charge in [0.1, 0.15) is 5.82 Å². The van der Waals surface area contributed by atoms with Gasteiger partial charge in [0.15, 0.2) is 5.96 Å². The molecular formula is C19H27FN4S. The van der Waals surface area contributed by atoms with Crippen molar-refractivity contribution in [3.63, 3.8) is 0 Å². The van der Waals surface area contributed by atoms with Crippen molar-refractivity contribution >= 4 is 17.3 Å². The van der Waals surface area contributed by atoms with E-state index in [-0.39, 0.29) is 11.2 Å². The second-order valence-corrected chi connectivity index (χ2v) is 7.84. The minimum atomic E-state index is -0.249. The zero-order valence-electron chi connectivity index (χ0n) is 15.6. The fourth-order valence-corrected chi connectivity index (χ4v) is 3.15. The van der Waals surface area contributed by atoms with Gasteiger partial charge in [-0.1, -0.05) is 26.0 Å². The predicted molar refractivity (Wildman–Crippen MR) is 104 cm³/mol. The molecule has 0 fully saturated rings. The molecule has 0 aliphatic heterocycles. The van der Waals surface area contributed by atoms with Crippen LogP contribution < -0.4 is 5.32 Å². The zero-order valence-corrected chi connectivity index (χ0v) is 16.5. The van der Waals surface area contributed by atoms with Crippen LogP contribution in [-0.4, -0.2) is 36.0 Å². The minimum Gasteiger partial charge on any atom is -0.357 e. The van der Waals surface area contributed by atoms with Crippen molar-refractivity contribution in [1.29, 1.82) is 0 Å². The zero-order chi connectivity index (χ0) is 18.4. The number of nitrogens with zero attached hydrogens (tertiary/aromatic N) is 3. The standard InChI is InChI=1S/C19H27FN4S/c1-6-21-18(24(5)11-17-12-25-14(2)23-17)22-13-19(3,4)15-8-7-9-16(20)10-15/h7-10,12H,6,11,13H2,1-5H3,(H,21,22). The van der Waals surface area contributed by atoms with Crippen LogP contribution in [0.4, 0.5) is 4.39 Å². The number of benzene rings is 1. The molecule has 0 amide bonds. The molecule has 0 bridgehead atoms. The van der Waals surface area contributed by atoms with E-state index in [1.54, 1.807) is 23.5 Å². The second kappa shape index (κ2) is 8.43. The average Bonchev–Trinajstić information content (AvgIpc) is 2.96. The largest absolute Gasteiger partial charge is 0.357 e. The van der Waals surface area contributed by atoms with Crippen LogP contribution in [0.1, 0.15) is 37.0 Å². The maximum atomic E-state index is 13.5. The van der Waals surface area contributed by atoms with Gasteiger partial charge in [0.05, 0.1) is 23.8 Å². The summed E-state index contributed by atoms with van der Waals surface area (Å²) in [6.45, 7) is 10.3. The summed E-state index contributed by atoms with van der Waals surface area (Å²) in [5.41, 5.74) is 1.74. The number of rotatable bonds is 6. The molecule has 1 aromatic carbocycles. The van der Waals surface area contributed by atoms with Gasteiger partial charge < -0.3 is 10.2 Å². The quantitative estimate of drug-likeness (QED) is 0.624. The molecule has 136 valence electrons. The molecule has 0 unspecified atom stereocenters. The van der Waals surface area contributed by atoms with Gasteiger partial charge in [0.25, 0.3) is 0 Å². The van der Waals surface area contributed by atoms with Gasteiger partial charge in [-0.05, 0) is 31.5 Å². The van der Waals surface area contributed by atoms with Crippen molar-refractivity contribution in [2.24, 2.45) is 4.99 Å². The number of nitrogens with one attached hydrogen (secondary N) is 1. The minimum absolute atomic E-state index is 0.211. The highest BCUT2D eigenvalue weighted by molar-refractivity contribution is 7.09. The van der Waals surface area contributed by atoms with Gasteiger partial charge in [0.2, 0.25) is 0 Å². The Bertz CT molecular complexity index is 724. The molecule has 1 heterocycles. The molecule has 4 nitrogen and oxygen atoms in total. The van der Waals surface area contributed by atoms with Crippen molar-refractivity contribution in [1.82, 2.24) is 15.2 Å². The first-order valence-electron chi connectivity index (χ1n) is 8.48. The normalized spacial score (nSPS) is 12.3. The average molecular weight is 363 g/mol. The first-order chi connectivity index (χ1) is 11.8. The molecule has 1 aromatic heterocycles. The van der Waals surface area contributed by atoms with Crippen molar-refractivity contribution in [3.05, 3.63) is 51.7 Å². The summed E-state index contributed by atoms with van der Waals surface area (Å²) in [4.78, 5) is 11.4. The highest BCUT2D eigenvalue weighted by Gasteiger charge is 2.21. The second-order valence-electron chi connectivity index (χ2n) is 6.78. The predicted octanol–water partition coefficient (Wildman–Crippen LogP) is 3.97. The van der Waals surface area contributed by atoms with Crippen LogP contribution in [-0.2, 0) is 12.0 Å². The lowest BCUT2D eigenvalue weighted by molar-refractivity contribution is 0.461. The Balaban J connectivity index is 2.12. The summed E-state index contributed by atoms with van der Waals surface area (Å²) in [5, 5.41) is 6.47. The van der Waals surface area contributed by atoms with Gasteiger partial charge in [0, 0.05) is 24.4 Å². The Morgan fingerprint density at radius 1 is 1.40 bits per heavy atom. The van der Waals surface area contributed by atoms with Crippen molar-refractivity contribution < 1.29 is 4.39 Å². The first kappa shape index (κ1) is 19.4. The fourth-order valence-electron chi connectivity index (χ4n) is 2.54. The molecule has 6 heteroatoms. The maximum absolute atomic E-state index is 13.5. The number of thiazole rings is 1. The number of aryl methyl sites for hydroxylation is 1. The summed E-state index contributed by atoms with van der Waals surface area (Å²) >= 11 is 1.65. The van der Waals surface area contributed by atoms with Crippen LogP contribution in [0.3, 0.4) is 0 Å². The van der Waals surface area contributed by atoms with E-state index < -0.39 is 0 Å². The third kappa shape index (κ3) is 5.53. The van der Waals surface area contributed by atoms with E-state index in [1.807, 2.05) is 27.0 Å². The van der Waals surface area contributed by atoms with Gasteiger partial charge in [-0.3, -0.25) is 4.99 Å². The molecule has 0 saturated heterocycles. The Hall–Kier alpha value is -1.95. The maximum Gasteiger partial charge on any atom is 0.194 e. The number of hydrogen-bond acceptors (Lipinski definition) is 3. The Labute approximate surface area is 153 Å². The molecule has 0 saturated carbocycles. The first-order valence-corrected chi connectivity index (χ1v) is 9.36. The van der Waals surface area contributed by atoms with E-state index in [2.05, 4.69) is 34.4 Å². The molecule has 0 aliphatic carbocycles. The van der Waals surface area contributed by atoms with E-state index in [0.29, 0.717) is 13.1 Å². The highest BCUT2D eigenvalue weighted by Crippen LogP contribution is 2.24. The molecule has 0 aliphatic rings. The molecule has 1 N–H and O–H groups in total. The van der Waals surface area contributed by atoms with E-state index >= 15 is 0 Å². The Morgan fingerprint density at radius 3 is 2.76 bits per heavy atom. The lowest BCUT2D eigenvalue weighted by atomic mass is 9.85. The topological polar surface area (TPSA) is 40.5 Å². The number of hydrogen-bond donors (Lipinski definition) is 1. The third-order valence-electron chi connectivity index (χ3n) is 3.99. The molecule has 0 radical (unpaired) electrons. The molecule has 2 rings (SSSR count). The van der Waals surface area contributed by atoms with Crippen molar-refractivity contribution in [2.45, 2.75) is 39.7 Å². The SMILES string of the molecule is CCNC(=NCC(C)(C)c1cccc(F)c1)N(C)Cc1csc(C)n1. The van der Waals surface area contributed by atoms with E-state index in [1.165, 1.54) is 6.07 Å². The fraction of sp³-hybridized carbons (Fsp3) is 0.474. The van der Waals surface area contributed by atoms with Crippen LogP contribution in [0.2, 0.25) is 0 Å². The van der Waals surface area contributed by atoms with Crippen molar-refractivity contribution in [3.8, 4) is 0 Å². The van der Waals surface area contributed by atoms with Crippen LogP contribution in [0.15, 0.2) is 34.6 Å². The van der Waals surface area contributed by atoms with Crippen LogP contribution in [0.5, 0.6) is 0 Å². The Kier molecular flexibility index (Phi) is 6.53. The summed E-state index contributed by atoms with van der Waals surface area (Å²) in [6, 6.07) is 6.76. The van der Waals surface area contributed by atoms with Crippen LogP contribution in [0.25, 0.3) is 0 Å². The third-order valence-corrected chi connectivity index (χ3v) is 4.81. The lowest BCUT2D eigenvalue weighted by Gasteiger charge is -2.26. The summed E-state index contributed by atoms with van der Waals surface area (Å²) < 4.78 is 13.5. The molecule has 0 spiro atoms. The van der Waals surface area contributed by atoms with Crippen molar-refractivity contribution in [2.75, 3.05) is 20.1 Å². The number of aliphatic imine (C=N–C) groups is 1. The van der Waals surface area contributed by atoms with E-state index in [4.69, 9.17) is 4.99 Å². The monoisotopic (exact) mass is 362 g/mol. The highest BCUT2D eigenvalue weighted by atomic mass is 32.1. The van der Waals surface area contributed by atoms with Gasteiger partial charge in [-0.15, -0.1) is 11.3 Å². The molecule has 2 aromatic rings. The lowest BCUT2D eigenvalue weighted by Crippen LogP contribution is -2.39. The van der Waals surface area contributed by atoms with Gasteiger partial charge in [-0.2, -0.15) is 0 Å². The summed E-state index contributed by atoms with van der Waals surface area (Å²) in [6.07, 6.45) is 0. The number of aromatic nitrogens is 1. The molecule has 25 heavy (non-hydrogen) atoms. The summed E-state index contributed by atoms with van der Waals surface area (Å²) in [7, 11) is 2.01. The smallest absolute Gasteiger partial charge is 0.194 e. The Morgan fingerprint density at radius 2 is 2.16 bits per heavy atom. The summed E-state index contributed by atoms with van der Waals surface area (Å²) in [5.74, 6) is 0.620. The molecular weight excluding hydrogens is 335 g/mol. The number of halogens is 1. The van der Waals surface area contributed by atoms with Crippen LogP contribution >= 0.6 is 11.3 Å².